The highest BCUT2D eigenvalue weighted by Crippen LogP contribution is 2.04. The number of rotatable bonds is 5. The van der Waals surface area contributed by atoms with Crippen molar-refractivity contribution in [2.24, 2.45) is 0 Å². The van der Waals surface area contributed by atoms with E-state index in [1.807, 2.05) is 44.4 Å². The number of hydrogen-bond acceptors (Lipinski definition) is 2. The van der Waals surface area contributed by atoms with Gasteiger partial charge in [-0.15, -0.1) is 0 Å². The molecule has 0 aromatic heterocycles. The van der Waals surface area contributed by atoms with E-state index in [0.29, 0.717) is 6.42 Å². The predicted molar refractivity (Wildman–Crippen MR) is 58.6 cm³/mol. The molecule has 0 saturated heterocycles. The molecule has 0 atom stereocenters. The van der Waals surface area contributed by atoms with Gasteiger partial charge in [0.2, 0.25) is 0 Å². The number of ketones is 1. The van der Waals surface area contributed by atoms with E-state index < -0.39 is 0 Å². The molecule has 0 heterocycles. The summed E-state index contributed by atoms with van der Waals surface area (Å²) in [6, 6.07) is 9.48. The first kappa shape index (κ1) is 10.9. The summed E-state index contributed by atoms with van der Waals surface area (Å²) in [5.41, 5.74) is 0.825. The van der Waals surface area contributed by atoms with Crippen molar-refractivity contribution in [1.29, 1.82) is 0 Å². The minimum Gasteiger partial charge on any atom is -0.309 e. The highest BCUT2D eigenvalue weighted by Gasteiger charge is 2.03. The molecule has 0 unspecified atom stereocenters. The van der Waals surface area contributed by atoms with E-state index in [1.54, 1.807) is 0 Å². The number of carbonyl (C=O) groups excluding carboxylic acids is 1. The summed E-state index contributed by atoms with van der Waals surface area (Å²) < 4.78 is 0. The Morgan fingerprint density at radius 3 is 2.43 bits per heavy atom. The maximum atomic E-state index is 11.6. The predicted octanol–water partition coefficient (Wildman–Crippen LogP) is 2.21. The molecule has 0 radical (unpaired) electrons. The van der Waals surface area contributed by atoms with Crippen molar-refractivity contribution in [2.45, 2.75) is 12.8 Å². The summed E-state index contributed by atoms with van der Waals surface area (Å²) >= 11 is 0. The zero-order valence-electron chi connectivity index (χ0n) is 8.86. The highest BCUT2D eigenvalue weighted by atomic mass is 16.1. The van der Waals surface area contributed by atoms with E-state index in [-0.39, 0.29) is 5.78 Å². The number of nitrogens with zero attached hydrogens (tertiary/aromatic N) is 1. The van der Waals surface area contributed by atoms with Crippen LogP contribution in [0.25, 0.3) is 0 Å². The van der Waals surface area contributed by atoms with Crippen molar-refractivity contribution in [3.63, 3.8) is 0 Å². The summed E-state index contributed by atoms with van der Waals surface area (Å²) in [7, 11) is 4.04. The van der Waals surface area contributed by atoms with E-state index in [2.05, 4.69) is 4.90 Å². The minimum atomic E-state index is 0.243. The summed E-state index contributed by atoms with van der Waals surface area (Å²) in [5, 5.41) is 0. The van der Waals surface area contributed by atoms with Crippen LogP contribution < -0.4 is 0 Å². The molecule has 1 aromatic carbocycles. The molecule has 2 heteroatoms. The van der Waals surface area contributed by atoms with E-state index in [9.17, 15) is 4.79 Å². The first-order valence-electron chi connectivity index (χ1n) is 4.93. The molecule has 14 heavy (non-hydrogen) atoms. The lowest BCUT2D eigenvalue weighted by atomic mass is 10.1. The summed E-state index contributed by atoms with van der Waals surface area (Å²) in [6.07, 6.45) is 1.57. The standard InChI is InChI=1S/C12H17NO/c1-13(2)10-6-9-12(14)11-7-4-3-5-8-11/h3-5,7-8H,6,9-10H2,1-2H3. The van der Waals surface area contributed by atoms with Crippen LogP contribution in [0.15, 0.2) is 30.3 Å². The maximum absolute atomic E-state index is 11.6. The molecule has 0 aliphatic heterocycles. The highest BCUT2D eigenvalue weighted by molar-refractivity contribution is 5.95. The Hall–Kier alpha value is -1.15. The lowest BCUT2D eigenvalue weighted by Crippen LogP contribution is -2.14. The van der Waals surface area contributed by atoms with Gasteiger partial charge >= 0.3 is 0 Å². The molecule has 1 aromatic rings. The maximum Gasteiger partial charge on any atom is 0.162 e. The van der Waals surface area contributed by atoms with Gasteiger partial charge in [0.05, 0.1) is 0 Å². The van der Waals surface area contributed by atoms with Crippen molar-refractivity contribution in [3.05, 3.63) is 35.9 Å². The molecule has 0 N–H and O–H groups in total. The molecule has 2 nitrogen and oxygen atoms in total. The third-order valence-electron chi connectivity index (χ3n) is 2.10. The van der Waals surface area contributed by atoms with Crippen LogP contribution in [0.5, 0.6) is 0 Å². The van der Waals surface area contributed by atoms with Crippen LogP contribution in [0.2, 0.25) is 0 Å². The zero-order valence-corrected chi connectivity index (χ0v) is 8.86. The van der Waals surface area contributed by atoms with Gasteiger partial charge in [0.15, 0.2) is 5.78 Å². The van der Waals surface area contributed by atoms with Crippen LogP contribution in [0.1, 0.15) is 23.2 Å². The molecular weight excluding hydrogens is 174 g/mol. The van der Waals surface area contributed by atoms with Crippen molar-refractivity contribution in [3.8, 4) is 0 Å². The van der Waals surface area contributed by atoms with Crippen LogP contribution in [0, 0.1) is 0 Å². The van der Waals surface area contributed by atoms with Crippen molar-refractivity contribution < 1.29 is 4.79 Å². The average molecular weight is 191 g/mol. The molecular formula is C12H17NO. The molecule has 0 fully saturated rings. The largest absolute Gasteiger partial charge is 0.309 e. The van der Waals surface area contributed by atoms with Crippen molar-refractivity contribution in [2.75, 3.05) is 20.6 Å². The molecule has 1 rings (SSSR count). The quantitative estimate of drug-likeness (QED) is 0.665. The van der Waals surface area contributed by atoms with Crippen LogP contribution in [0.3, 0.4) is 0 Å². The van der Waals surface area contributed by atoms with Crippen LogP contribution in [0.4, 0.5) is 0 Å². The van der Waals surface area contributed by atoms with E-state index >= 15 is 0 Å². The fourth-order valence-corrected chi connectivity index (χ4v) is 1.32. The van der Waals surface area contributed by atoms with Crippen molar-refractivity contribution in [1.82, 2.24) is 4.90 Å². The fourth-order valence-electron chi connectivity index (χ4n) is 1.32. The third kappa shape index (κ3) is 3.71. The van der Waals surface area contributed by atoms with Gasteiger partial charge in [-0.1, -0.05) is 30.3 Å². The van der Waals surface area contributed by atoms with Gasteiger partial charge in [0.1, 0.15) is 0 Å². The van der Waals surface area contributed by atoms with E-state index in [1.165, 1.54) is 0 Å². The van der Waals surface area contributed by atoms with Gasteiger partial charge in [0.25, 0.3) is 0 Å². The fraction of sp³-hybridized carbons (Fsp3) is 0.417. The molecule has 0 bridgehead atoms. The van der Waals surface area contributed by atoms with Gasteiger partial charge < -0.3 is 4.90 Å². The number of hydrogen-bond donors (Lipinski definition) is 0. The average Bonchev–Trinajstić information content (AvgIpc) is 2.18. The Balaban J connectivity index is 2.36. The van der Waals surface area contributed by atoms with E-state index in [0.717, 1.165) is 18.5 Å². The van der Waals surface area contributed by atoms with Gasteiger partial charge in [-0.05, 0) is 27.1 Å². The van der Waals surface area contributed by atoms with Gasteiger partial charge in [-0.25, -0.2) is 0 Å². The number of benzene rings is 1. The lowest BCUT2D eigenvalue weighted by Gasteiger charge is -2.08. The van der Waals surface area contributed by atoms with Gasteiger partial charge in [-0.3, -0.25) is 4.79 Å². The second kappa shape index (κ2) is 5.55. The lowest BCUT2D eigenvalue weighted by molar-refractivity contribution is 0.0977. The molecule has 0 spiro atoms. The SMILES string of the molecule is CN(C)CCCC(=O)c1ccccc1. The third-order valence-corrected chi connectivity index (χ3v) is 2.10. The Bertz CT molecular complexity index is 280. The summed E-state index contributed by atoms with van der Waals surface area (Å²) in [5.74, 6) is 0.243. The first-order valence-corrected chi connectivity index (χ1v) is 4.93. The van der Waals surface area contributed by atoms with Crippen LogP contribution >= 0.6 is 0 Å². The molecule has 76 valence electrons. The van der Waals surface area contributed by atoms with E-state index in [4.69, 9.17) is 0 Å². The second-order valence-corrected chi connectivity index (χ2v) is 3.70. The molecule has 0 saturated carbocycles. The smallest absolute Gasteiger partial charge is 0.162 e. The number of carbonyl (C=O) groups is 1. The topological polar surface area (TPSA) is 20.3 Å². The van der Waals surface area contributed by atoms with Crippen LogP contribution in [-0.4, -0.2) is 31.3 Å². The normalized spacial score (nSPS) is 10.5. The molecule has 0 amide bonds. The second-order valence-electron chi connectivity index (χ2n) is 3.70. The molecule has 0 aliphatic rings. The van der Waals surface area contributed by atoms with Gasteiger partial charge in [0, 0.05) is 12.0 Å². The zero-order chi connectivity index (χ0) is 10.4. The Morgan fingerprint density at radius 1 is 1.21 bits per heavy atom. The Labute approximate surface area is 85.5 Å². The summed E-state index contributed by atoms with van der Waals surface area (Å²) in [4.78, 5) is 13.7. The Kier molecular flexibility index (Phi) is 4.33. The van der Waals surface area contributed by atoms with Crippen molar-refractivity contribution >= 4 is 5.78 Å². The first-order chi connectivity index (χ1) is 6.70. The number of Topliss-reactive ketones (excluding diaryl/α,β-unsaturated/α-hetero) is 1. The van der Waals surface area contributed by atoms with Gasteiger partial charge in [-0.2, -0.15) is 0 Å². The minimum absolute atomic E-state index is 0.243. The van der Waals surface area contributed by atoms with Crippen LogP contribution in [-0.2, 0) is 0 Å². The molecule has 0 aliphatic carbocycles. The summed E-state index contributed by atoms with van der Waals surface area (Å²) in [6.45, 7) is 0.971. The Morgan fingerprint density at radius 2 is 1.86 bits per heavy atom. The monoisotopic (exact) mass is 191 g/mol.